The zero-order chi connectivity index (χ0) is 25.7. The largest absolute Gasteiger partial charge is 0.377 e. The molecule has 1 aliphatic carbocycles. The van der Waals surface area contributed by atoms with E-state index in [2.05, 4.69) is 25.6 Å². The molecular formula is C26H30FN7O2. The molecule has 9 nitrogen and oxygen atoms in total. The third kappa shape index (κ3) is 5.72. The Balaban J connectivity index is 1.66. The van der Waals surface area contributed by atoms with Crippen LogP contribution in [-0.2, 0) is 4.79 Å². The summed E-state index contributed by atoms with van der Waals surface area (Å²) in [7, 11) is 0. The maximum atomic E-state index is 12.6. The smallest absolute Gasteiger partial charge is 0.225 e. The predicted molar refractivity (Wildman–Crippen MR) is 140 cm³/mol. The molecule has 0 radical (unpaired) electrons. The van der Waals surface area contributed by atoms with Gasteiger partial charge in [-0.3, -0.25) is 4.99 Å². The number of anilines is 2. The van der Waals surface area contributed by atoms with Crippen molar-refractivity contribution in [2.24, 2.45) is 16.6 Å². The first-order valence-corrected chi connectivity index (χ1v) is 11.8. The minimum atomic E-state index is -1.01. The number of nitrogens with zero attached hydrogens (tertiary/aromatic N) is 4. The summed E-state index contributed by atoms with van der Waals surface area (Å²) in [5.41, 5.74) is 8.29. The minimum absolute atomic E-state index is 0.0156. The summed E-state index contributed by atoms with van der Waals surface area (Å²) in [6.45, 7) is 4.23. The van der Waals surface area contributed by atoms with Gasteiger partial charge in [-0.1, -0.05) is 31.2 Å². The van der Waals surface area contributed by atoms with E-state index in [1.54, 1.807) is 12.3 Å². The molecule has 0 saturated heterocycles. The van der Waals surface area contributed by atoms with Crippen LogP contribution in [0.25, 0.3) is 16.6 Å². The lowest BCUT2D eigenvalue weighted by Crippen LogP contribution is -2.38. The van der Waals surface area contributed by atoms with E-state index >= 15 is 0 Å². The molecule has 0 amide bonds. The average molecular weight is 492 g/mol. The molecular weight excluding hydrogens is 461 g/mol. The van der Waals surface area contributed by atoms with E-state index in [0.29, 0.717) is 54.2 Å². The number of nitrogens with two attached hydrogens (primary N) is 1. The number of rotatable bonds is 10. The highest BCUT2D eigenvalue weighted by atomic mass is 19.1. The van der Waals surface area contributed by atoms with Crippen LogP contribution in [-0.4, -0.2) is 56.9 Å². The first kappa shape index (κ1) is 25.3. The molecule has 5 N–H and O–H groups in total. The van der Waals surface area contributed by atoms with Crippen LogP contribution in [0.3, 0.4) is 0 Å². The number of aliphatic hydroxyl groups excluding tert-OH is 1. The van der Waals surface area contributed by atoms with Crippen molar-refractivity contribution in [2.75, 3.05) is 17.2 Å². The van der Waals surface area contributed by atoms with Crippen LogP contribution < -0.4 is 16.4 Å². The molecule has 0 aromatic carbocycles. The molecule has 3 unspecified atom stereocenters. The van der Waals surface area contributed by atoms with Crippen LogP contribution in [0.15, 0.2) is 59.4 Å². The zero-order valence-corrected chi connectivity index (χ0v) is 20.2. The molecule has 188 valence electrons. The van der Waals surface area contributed by atoms with E-state index in [4.69, 9.17) is 10.7 Å². The van der Waals surface area contributed by atoms with Gasteiger partial charge >= 0.3 is 0 Å². The van der Waals surface area contributed by atoms with Crippen LogP contribution in [0.5, 0.6) is 0 Å². The molecule has 1 fully saturated rings. The lowest BCUT2D eigenvalue weighted by molar-refractivity contribution is -0.109. The van der Waals surface area contributed by atoms with Gasteiger partial charge in [-0.15, -0.1) is 0 Å². The standard InChI is InChI=1S/C26H30FN7O2/c1-3-5-18(6-4-11-27)19-7-8-20-22(31-19)24(34-26(15-35)9-10-26)33-25(32-20)30-14-17-12-16(2)21(23(28)36)29-13-17/h3-8,11-13,15-16,21,23,36H,9-10,14,28H2,1-2H3,(H2,30,32,33,34)/b5-3-,11-4+,18-6+. The lowest BCUT2D eigenvalue weighted by Gasteiger charge is -2.24. The van der Waals surface area contributed by atoms with Crippen molar-refractivity contribution in [1.82, 2.24) is 15.0 Å². The number of pyridine rings is 1. The number of aliphatic hydroxyl groups is 1. The Morgan fingerprint density at radius 2 is 2.14 bits per heavy atom. The molecule has 0 bridgehead atoms. The third-order valence-electron chi connectivity index (χ3n) is 6.14. The number of hydrogen-bond donors (Lipinski definition) is 4. The molecule has 2 aliphatic rings. The Bertz CT molecular complexity index is 1280. The molecule has 2 aromatic heterocycles. The van der Waals surface area contributed by atoms with Crippen LogP contribution in [0.2, 0.25) is 0 Å². The summed E-state index contributed by atoms with van der Waals surface area (Å²) in [4.78, 5) is 30.0. The van der Waals surface area contributed by atoms with Crippen molar-refractivity contribution >= 4 is 40.9 Å². The zero-order valence-electron chi connectivity index (χ0n) is 20.2. The predicted octanol–water partition coefficient (Wildman–Crippen LogP) is 3.32. The maximum Gasteiger partial charge on any atom is 0.225 e. The Morgan fingerprint density at radius 3 is 2.78 bits per heavy atom. The van der Waals surface area contributed by atoms with E-state index in [-0.39, 0.29) is 12.0 Å². The quantitative estimate of drug-likeness (QED) is 0.226. The Labute approximate surface area is 208 Å². The average Bonchev–Trinajstić information content (AvgIpc) is 3.65. The second-order valence-electron chi connectivity index (χ2n) is 9.01. The fourth-order valence-corrected chi connectivity index (χ4v) is 4.01. The topological polar surface area (TPSA) is 138 Å². The summed E-state index contributed by atoms with van der Waals surface area (Å²) in [6, 6.07) is 3.26. The second-order valence-corrected chi connectivity index (χ2v) is 9.01. The van der Waals surface area contributed by atoms with Gasteiger partial charge in [-0.05, 0) is 49.1 Å². The number of aliphatic imine (C=N–C) groups is 1. The summed E-state index contributed by atoms with van der Waals surface area (Å²) >= 11 is 0. The molecule has 0 spiro atoms. The van der Waals surface area contributed by atoms with Crippen molar-refractivity contribution in [3.63, 3.8) is 0 Å². The van der Waals surface area contributed by atoms with Crippen molar-refractivity contribution in [3.8, 4) is 0 Å². The highest BCUT2D eigenvalue weighted by Gasteiger charge is 2.43. The summed E-state index contributed by atoms with van der Waals surface area (Å²) in [5.74, 6) is 0.799. The van der Waals surface area contributed by atoms with Crippen molar-refractivity contribution in [3.05, 3.63) is 60.1 Å². The molecule has 3 heterocycles. The van der Waals surface area contributed by atoms with Crippen LogP contribution in [0.4, 0.5) is 16.2 Å². The van der Waals surface area contributed by atoms with Gasteiger partial charge in [0.25, 0.3) is 0 Å². The molecule has 2 aromatic rings. The number of halogens is 1. The second kappa shape index (κ2) is 10.9. The van der Waals surface area contributed by atoms with Gasteiger partial charge in [0.1, 0.15) is 18.0 Å². The highest BCUT2D eigenvalue weighted by molar-refractivity contribution is 5.91. The molecule has 36 heavy (non-hydrogen) atoms. The number of aldehydes is 1. The highest BCUT2D eigenvalue weighted by Crippen LogP contribution is 2.38. The Morgan fingerprint density at radius 1 is 1.33 bits per heavy atom. The van der Waals surface area contributed by atoms with Gasteiger partial charge in [-0.25, -0.2) is 14.4 Å². The summed E-state index contributed by atoms with van der Waals surface area (Å²) in [5, 5.41) is 16.1. The van der Waals surface area contributed by atoms with Crippen LogP contribution >= 0.6 is 0 Å². The summed E-state index contributed by atoms with van der Waals surface area (Å²) in [6.07, 6.45) is 12.1. The molecule has 1 aliphatic heterocycles. The molecule has 1 saturated carbocycles. The number of nitrogens with one attached hydrogen (secondary N) is 2. The number of fused-ring (bicyclic) bond motifs is 1. The molecule has 3 atom stereocenters. The monoisotopic (exact) mass is 491 g/mol. The van der Waals surface area contributed by atoms with Gasteiger partial charge < -0.3 is 26.3 Å². The van der Waals surface area contributed by atoms with Crippen molar-refractivity contribution < 1.29 is 14.3 Å². The van der Waals surface area contributed by atoms with E-state index in [0.717, 1.165) is 17.4 Å². The van der Waals surface area contributed by atoms with Crippen LogP contribution in [0.1, 0.15) is 32.4 Å². The van der Waals surface area contributed by atoms with E-state index in [1.165, 1.54) is 6.08 Å². The summed E-state index contributed by atoms with van der Waals surface area (Å²) < 4.78 is 12.6. The number of allylic oxidation sites excluding steroid dienone is 5. The van der Waals surface area contributed by atoms with E-state index < -0.39 is 11.8 Å². The van der Waals surface area contributed by atoms with Crippen molar-refractivity contribution in [1.29, 1.82) is 0 Å². The SMILES string of the molecule is C\C=C/C(=C\C=C\F)c1ccc2nc(NCC3=CC(C)C(C(N)O)N=C3)nc(NC3(C=O)CC3)c2n1. The molecule has 10 heteroatoms. The van der Waals surface area contributed by atoms with Crippen molar-refractivity contribution in [2.45, 2.75) is 44.5 Å². The van der Waals surface area contributed by atoms with Crippen LogP contribution in [0, 0.1) is 5.92 Å². The maximum absolute atomic E-state index is 12.6. The van der Waals surface area contributed by atoms with Gasteiger partial charge in [-0.2, -0.15) is 4.98 Å². The normalized spacial score (nSPS) is 22.1. The number of carbonyl (C=O) groups excluding carboxylic acids is 1. The third-order valence-corrected chi connectivity index (χ3v) is 6.14. The number of aromatic nitrogens is 3. The first-order chi connectivity index (χ1) is 17.4. The fraction of sp³-hybridized carbons (Fsp3) is 0.346. The Hall–Kier alpha value is -3.76. The molecule has 4 rings (SSSR count). The lowest BCUT2D eigenvalue weighted by atomic mass is 9.95. The van der Waals surface area contributed by atoms with Gasteiger partial charge in [0.05, 0.1) is 29.1 Å². The van der Waals surface area contributed by atoms with E-state index in [9.17, 15) is 14.3 Å². The first-order valence-electron chi connectivity index (χ1n) is 11.8. The number of carbonyl (C=O) groups is 1. The van der Waals surface area contributed by atoms with Gasteiger partial charge in [0.15, 0.2) is 5.82 Å². The van der Waals surface area contributed by atoms with E-state index in [1.807, 2.05) is 44.2 Å². The fourth-order valence-electron chi connectivity index (χ4n) is 4.01. The number of dihydropyridines is 1. The van der Waals surface area contributed by atoms with Gasteiger partial charge in [0.2, 0.25) is 5.95 Å². The minimum Gasteiger partial charge on any atom is -0.377 e. The number of hydrogen-bond acceptors (Lipinski definition) is 9. The Kier molecular flexibility index (Phi) is 7.66. The van der Waals surface area contributed by atoms with Gasteiger partial charge in [0, 0.05) is 18.7 Å².